The van der Waals surface area contributed by atoms with Gasteiger partial charge in [-0.25, -0.2) is 14.1 Å². The third-order valence-electron chi connectivity index (χ3n) is 5.09. The lowest BCUT2D eigenvalue weighted by Gasteiger charge is -2.08. The number of methoxy groups -OCH3 is 1. The van der Waals surface area contributed by atoms with Crippen LogP contribution in [0.25, 0.3) is 16.9 Å². The van der Waals surface area contributed by atoms with Crippen LogP contribution in [0.5, 0.6) is 5.75 Å². The first-order valence-electron chi connectivity index (χ1n) is 10.4. The predicted molar refractivity (Wildman–Crippen MR) is 125 cm³/mol. The molecule has 0 saturated heterocycles. The second-order valence-electron chi connectivity index (χ2n) is 7.40. The fourth-order valence-electron chi connectivity index (χ4n) is 3.41. The lowest BCUT2D eigenvalue weighted by molar-refractivity contribution is -0.121. The van der Waals surface area contributed by atoms with Crippen molar-refractivity contribution in [2.45, 2.75) is 19.4 Å². The average molecular weight is 465 g/mol. The molecular formula is C25H22ClFN4O2. The van der Waals surface area contributed by atoms with Gasteiger partial charge in [-0.1, -0.05) is 23.7 Å². The number of carbonyl (C=O) groups is 1. The lowest BCUT2D eigenvalue weighted by atomic mass is 10.1. The topological polar surface area (TPSA) is 69.0 Å². The number of rotatable bonds is 8. The van der Waals surface area contributed by atoms with Gasteiger partial charge in [-0.3, -0.25) is 4.79 Å². The molecule has 0 unspecified atom stereocenters. The van der Waals surface area contributed by atoms with Crippen molar-refractivity contribution in [2.75, 3.05) is 7.11 Å². The van der Waals surface area contributed by atoms with Gasteiger partial charge in [0.05, 0.1) is 24.2 Å². The zero-order valence-corrected chi connectivity index (χ0v) is 18.7. The van der Waals surface area contributed by atoms with Gasteiger partial charge in [0.1, 0.15) is 16.7 Å². The summed E-state index contributed by atoms with van der Waals surface area (Å²) in [7, 11) is 1.60. The van der Waals surface area contributed by atoms with Crippen LogP contribution in [0.2, 0.25) is 5.15 Å². The Kier molecular flexibility index (Phi) is 7.00. The number of aryl methyl sites for hydroxylation is 1. The first-order chi connectivity index (χ1) is 16.0. The number of ether oxygens (including phenoxy) is 1. The maximum atomic E-state index is 13.9. The molecule has 4 rings (SSSR count). The standard InChI is InChI=1S/C25H22ClFN4O2/c1-33-22-8-6-21(7-9-22)31-23(18-3-2-4-19(27)14-18)15-20(30-31)5-10-25(32)29-16-17-11-12-28-24(26)13-17/h2-4,6-9,11-15H,5,10,16H2,1H3,(H,29,32). The van der Waals surface area contributed by atoms with Crippen molar-refractivity contribution in [3.05, 3.63) is 95.2 Å². The molecule has 0 fully saturated rings. The van der Waals surface area contributed by atoms with Crippen LogP contribution >= 0.6 is 11.6 Å². The molecule has 0 radical (unpaired) electrons. The van der Waals surface area contributed by atoms with E-state index in [2.05, 4.69) is 10.3 Å². The number of aromatic nitrogens is 3. The second-order valence-corrected chi connectivity index (χ2v) is 7.79. The molecule has 0 aliphatic carbocycles. The van der Waals surface area contributed by atoms with Crippen LogP contribution in [0.15, 0.2) is 72.9 Å². The number of amides is 1. The number of nitrogens with zero attached hydrogens (tertiary/aromatic N) is 3. The Morgan fingerprint density at radius 2 is 1.94 bits per heavy atom. The molecule has 168 valence electrons. The van der Waals surface area contributed by atoms with E-state index in [4.69, 9.17) is 21.4 Å². The summed E-state index contributed by atoms with van der Waals surface area (Å²) in [4.78, 5) is 16.3. The number of halogens is 2. The van der Waals surface area contributed by atoms with Crippen LogP contribution in [-0.4, -0.2) is 27.8 Å². The normalized spacial score (nSPS) is 10.8. The fraction of sp³-hybridized carbons (Fsp3) is 0.160. The number of carbonyl (C=O) groups excluding carboxylic acids is 1. The van der Waals surface area contributed by atoms with E-state index in [0.29, 0.717) is 23.7 Å². The molecule has 0 atom stereocenters. The molecule has 0 spiro atoms. The van der Waals surface area contributed by atoms with Gasteiger partial charge in [0, 0.05) is 31.1 Å². The summed E-state index contributed by atoms with van der Waals surface area (Å²) in [6.45, 7) is 0.371. The third kappa shape index (κ3) is 5.75. The summed E-state index contributed by atoms with van der Waals surface area (Å²) in [5, 5.41) is 7.95. The van der Waals surface area contributed by atoms with E-state index in [1.54, 1.807) is 36.2 Å². The van der Waals surface area contributed by atoms with Crippen molar-refractivity contribution >= 4 is 17.5 Å². The fourth-order valence-corrected chi connectivity index (χ4v) is 3.61. The van der Waals surface area contributed by atoms with Crippen LogP contribution in [0.3, 0.4) is 0 Å². The van der Waals surface area contributed by atoms with Crippen molar-refractivity contribution in [2.24, 2.45) is 0 Å². The van der Waals surface area contributed by atoms with E-state index in [-0.39, 0.29) is 18.1 Å². The SMILES string of the molecule is COc1ccc(-n2nc(CCC(=O)NCc3ccnc(Cl)c3)cc2-c2cccc(F)c2)cc1. The Labute approximate surface area is 196 Å². The number of nitrogens with one attached hydrogen (secondary N) is 1. The van der Waals surface area contributed by atoms with E-state index in [1.165, 1.54) is 12.1 Å². The van der Waals surface area contributed by atoms with Crippen molar-refractivity contribution in [3.8, 4) is 22.7 Å². The van der Waals surface area contributed by atoms with E-state index < -0.39 is 0 Å². The highest BCUT2D eigenvalue weighted by molar-refractivity contribution is 6.29. The summed E-state index contributed by atoms with van der Waals surface area (Å²) >= 11 is 5.88. The number of benzene rings is 2. The molecule has 1 N–H and O–H groups in total. The quantitative estimate of drug-likeness (QED) is 0.373. The molecule has 33 heavy (non-hydrogen) atoms. The van der Waals surface area contributed by atoms with E-state index >= 15 is 0 Å². The number of hydrogen-bond donors (Lipinski definition) is 1. The van der Waals surface area contributed by atoms with Crippen molar-refractivity contribution in [1.82, 2.24) is 20.1 Å². The first-order valence-corrected chi connectivity index (χ1v) is 10.8. The molecule has 4 aromatic rings. The van der Waals surface area contributed by atoms with E-state index in [0.717, 1.165) is 28.4 Å². The van der Waals surface area contributed by atoms with Gasteiger partial charge in [0.25, 0.3) is 0 Å². The summed E-state index contributed by atoms with van der Waals surface area (Å²) < 4.78 is 20.9. The second kappa shape index (κ2) is 10.3. The van der Waals surface area contributed by atoms with Gasteiger partial charge >= 0.3 is 0 Å². The van der Waals surface area contributed by atoms with Crippen molar-refractivity contribution in [3.63, 3.8) is 0 Å². The van der Waals surface area contributed by atoms with E-state index in [1.807, 2.05) is 36.4 Å². The van der Waals surface area contributed by atoms with Gasteiger partial charge in [-0.2, -0.15) is 5.10 Å². The van der Waals surface area contributed by atoms with Crippen LogP contribution in [0.1, 0.15) is 17.7 Å². The molecule has 8 heteroatoms. The lowest BCUT2D eigenvalue weighted by Crippen LogP contribution is -2.23. The van der Waals surface area contributed by atoms with Crippen molar-refractivity contribution in [1.29, 1.82) is 0 Å². The maximum Gasteiger partial charge on any atom is 0.220 e. The molecule has 2 aromatic heterocycles. The Balaban J connectivity index is 1.51. The highest BCUT2D eigenvalue weighted by Gasteiger charge is 2.14. The minimum atomic E-state index is -0.327. The Morgan fingerprint density at radius 1 is 1.12 bits per heavy atom. The first kappa shape index (κ1) is 22.5. The van der Waals surface area contributed by atoms with Crippen LogP contribution in [0, 0.1) is 5.82 Å². The number of hydrogen-bond acceptors (Lipinski definition) is 4. The molecule has 0 aliphatic rings. The summed E-state index contributed by atoms with van der Waals surface area (Å²) in [5.74, 6) is 0.298. The summed E-state index contributed by atoms with van der Waals surface area (Å²) in [5.41, 5.74) is 3.85. The van der Waals surface area contributed by atoms with Gasteiger partial charge in [-0.05, 0) is 60.2 Å². The van der Waals surface area contributed by atoms with Crippen LogP contribution < -0.4 is 10.1 Å². The molecule has 2 heterocycles. The van der Waals surface area contributed by atoms with Crippen molar-refractivity contribution < 1.29 is 13.9 Å². The smallest absolute Gasteiger partial charge is 0.220 e. The minimum Gasteiger partial charge on any atom is -0.497 e. The molecule has 2 aromatic carbocycles. The van der Waals surface area contributed by atoms with Gasteiger partial charge in [0.2, 0.25) is 5.91 Å². The zero-order valence-electron chi connectivity index (χ0n) is 18.0. The van der Waals surface area contributed by atoms with Gasteiger partial charge in [0.15, 0.2) is 0 Å². The summed E-state index contributed by atoms with van der Waals surface area (Å²) in [6.07, 6.45) is 2.30. The summed E-state index contributed by atoms with van der Waals surface area (Å²) in [6, 6.07) is 19.2. The zero-order chi connectivity index (χ0) is 23.2. The minimum absolute atomic E-state index is 0.103. The molecule has 0 bridgehead atoms. The Hall–Kier alpha value is -3.71. The van der Waals surface area contributed by atoms with Gasteiger partial charge < -0.3 is 10.1 Å². The molecule has 1 amide bonds. The monoisotopic (exact) mass is 464 g/mol. The highest BCUT2D eigenvalue weighted by Crippen LogP contribution is 2.26. The predicted octanol–water partition coefficient (Wildman–Crippen LogP) is 4.98. The van der Waals surface area contributed by atoms with E-state index in [9.17, 15) is 9.18 Å². The highest BCUT2D eigenvalue weighted by atomic mass is 35.5. The van der Waals surface area contributed by atoms with Crippen LogP contribution in [-0.2, 0) is 17.8 Å². The average Bonchev–Trinajstić information content (AvgIpc) is 3.26. The largest absolute Gasteiger partial charge is 0.497 e. The third-order valence-corrected chi connectivity index (χ3v) is 5.29. The number of pyridine rings is 1. The van der Waals surface area contributed by atoms with Crippen LogP contribution in [0.4, 0.5) is 4.39 Å². The molecule has 6 nitrogen and oxygen atoms in total. The molecular weight excluding hydrogens is 443 g/mol. The van der Waals surface area contributed by atoms with Gasteiger partial charge in [-0.15, -0.1) is 0 Å². The Bertz CT molecular complexity index is 1260. The Morgan fingerprint density at radius 3 is 2.67 bits per heavy atom. The molecule has 0 saturated carbocycles. The molecule has 0 aliphatic heterocycles. The maximum absolute atomic E-state index is 13.9.